The largest absolute Gasteiger partial charge is 0.494 e. The van der Waals surface area contributed by atoms with E-state index in [1.54, 1.807) is 0 Å². The molecule has 1 aromatic rings. The Kier molecular flexibility index (Phi) is 7.12. The van der Waals surface area contributed by atoms with Crippen molar-refractivity contribution in [1.82, 2.24) is 10.3 Å². The number of aliphatic hydroxyl groups excluding tert-OH is 1. The van der Waals surface area contributed by atoms with Crippen LogP contribution in [0.15, 0.2) is 23.4 Å². The molecule has 3 unspecified atom stereocenters. The van der Waals surface area contributed by atoms with E-state index in [2.05, 4.69) is 15.4 Å². The number of alkyl halides is 3. The maximum Gasteiger partial charge on any atom is 0.494 e. The van der Waals surface area contributed by atoms with Crippen LogP contribution in [0.5, 0.6) is 0 Å². The highest BCUT2D eigenvalue weighted by atomic mass is 35.6. The molecule has 0 aliphatic carbocycles. The van der Waals surface area contributed by atoms with Crippen LogP contribution in [0.1, 0.15) is 5.56 Å². The molecule has 0 bridgehead atoms. The van der Waals surface area contributed by atoms with Gasteiger partial charge in [-0.3, -0.25) is 0 Å². The SMILES string of the molecule is N#CP(=O)(OC(O)C(Cl)(Cl)Cl)[N+]1(Cc2ccc(Cl)nc2)CCNC1=N[N+](=O)[O-]. The van der Waals surface area contributed by atoms with Crippen LogP contribution in [0.2, 0.25) is 5.15 Å². The van der Waals surface area contributed by atoms with Crippen LogP contribution in [0.4, 0.5) is 0 Å². The number of nitrogens with one attached hydrogen (secondary N) is 1. The highest BCUT2D eigenvalue weighted by Crippen LogP contribution is 2.60. The molecule has 0 aromatic carbocycles. The van der Waals surface area contributed by atoms with Gasteiger partial charge in [0, 0.05) is 11.8 Å². The normalized spacial score (nSPS) is 24.2. The second kappa shape index (κ2) is 8.65. The summed E-state index contributed by atoms with van der Waals surface area (Å²) in [5, 5.41) is 35.5. The number of nitriles is 1. The van der Waals surface area contributed by atoms with E-state index in [0.717, 1.165) is 0 Å². The number of hydrogen-bond donors (Lipinski definition) is 2. The maximum absolute atomic E-state index is 13.5. The summed E-state index contributed by atoms with van der Waals surface area (Å²) in [6.07, 6.45) is -0.920. The fourth-order valence-corrected chi connectivity index (χ4v) is 4.83. The van der Waals surface area contributed by atoms with Crippen molar-refractivity contribution in [2.75, 3.05) is 13.1 Å². The highest BCUT2D eigenvalue weighted by molar-refractivity contribution is 7.58. The molecule has 0 radical (unpaired) electrons. The zero-order chi connectivity index (χ0) is 21.2. The summed E-state index contributed by atoms with van der Waals surface area (Å²) in [5.74, 6) is 1.06. The molecule has 2 rings (SSSR count). The van der Waals surface area contributed by atoms with Crippen molar-refractivity contribution in [3.05, 3.63) is 39.2 Å². The molecule has 11 nitrogen and oxygen atoms in total. The van der Waals surface area contributed by atoms with E-state index >= 15 is 0 Å². The molecule has 2 N–H and O–H groups in total. The Hall–Kier alpha value is -1.22. The van der Waals surface area contributed by atoms with Gasteiger partial charge < -0.3 is 10.4 Å². The van der Waals surface area contributed by atoms with E-state index < -0.39 is 32.8 Å². The minimum atomic E-state index is -4.64. The Morgan fingerprint density at radius 2 is 2.25 bits per heavy atom. The lowest BCUT2D eigenvalue weighted by Crippen LogP contribution is -2.49. The van der Waals surface area contributed by atoms with E-state index in [-0.39, 0.29) is 24.8 Å². The number of nitro groups is 1. The molecule has 152 valence electrons. The molecule has 2 heterocycles. The van der Waals surface area contributed by atoms with Gasteiger partial charge in [-0.1, -0.05) is 46.4 Å². The monoisotopic (exact) mass is 491 g/mol. The molecule has 16 heteroatoms. The zero-order valence-corrected chi connectivity index (χ0v) is 17.6. The van der Waals surface area contributed by atoms with Gasteiger partial charge >= 0.3 is 13.5 Å². The smallest absolute Gasteiger partial charge is 0.364 e. The van der Waals surface area contributed by atoms with Gasteiger partial charge in [-0.05, 0) is 12.1 Å². The first-order valence-electron chi connectivity index (χ1n) is 7.33. The molecule has 0 saturated carbocycles. The molecule has 1 fully saturated rings. The zero-order valence-electron chi connectivity index (χ0n) is 13.7. The third-order valence-corrected chi connectivity index (χ3v) is 6.78. The lowest BCUT2D eigenvalue weighted by molar-refractivity contribution is -0.733. The first kappa shape index (κ1) is 23.1. The van der Waals surface area contributed by atoms with Crippen molar-refractivity contribution in [3.63, 3.8) is 0 Å². The molecule has 0 amide bonds. The van der Waals surface area contributed by atoms with Gasteiger partial charge in [-0.25, -0.2) is 24.2 Å². The van der Waals surface area contributed by atoms with Crippen molar-refractivity contribution >= 4 is 59.9 Å². The molecule has 3 atom stereocenters. The van der Waals surface area contributed by atoms with Gasteiger partial charge in [0.2, 0.25) is 15.9 Å². The Labute approximate surface area is 178 Å². The van der Waals surface area contributed by atoms with Crippen molar-refractivity contribution < 1.29 is 23.5 Å². The predicted molar refractivity (Wildman–Crippen MR) is 101 cm³/mol. The number of halogens is 4. The van der Waals surface area contributed by atoms with Gasteiger partial charge in [0.25, 0.3) is 0 Å². The first-order chi connectivity index (χ1) is 12.9. The third-order valence-electron chi connectivity index (χ3n) is 3.72. The maximum atomic E-state index is 13.5. The molecule has 0 spiro atoms. The fourth-order valence-electron chi connectivity index (χ4n) is 2.50. The average Bonchev–Trinajstić information content (AvgIpc) is 2.99. The van der Waals surface area contributed by atoms with Crippen molar-refractivity contribution in [2.45, 2.75) is 16.6 Å². The van der Waals surface area contributed by atoms with Crippen LogP contribution < -0.4 is 5.32 Å². The number of aliphatic hydroxyl groups is 1. The number of guanidine groups is 1. The number of quaternary nitrogens is 1. The summed E-state index contributed by atoms with van der Waals surface area (Å²) in [5.41, 5.74) is 0.409. The number of pyridine rings is 1. The van der Waals surface area contributed by atoms with Crippen molar-refractivity contribution in [3.8, 4) is 5.81 Å². The van der Waals surface area contributed by atoms with Crippen LogP contribution in [0, 0.1) is 21.2 Å². The second-order valence-corrected chi connectivity index (χ2v) is 10.5. The highest BCUT2D eigenvalue weighted by Gasteiger charge is 2.61. The Bertz CT molecular complexity index is 873. The summed E-state index contributed by atoms with van der Waals surface area (Å²) in [7, 11) is -4.64. The number of aromatic nitrogens is 1. The van der Waals surface area contributed by atoms with Crippen LogP contribution >= 0.6 is 53.9 Å². The van der Waals surface area contributed by atoms with E-state index in [1.807, 2.05) is 0 Å². The van der Waals surface area contributed by atoms with Gasteiger partial charge in [0.05, 0.1) is 6.54 Å². The van der Waals surface area contributed by atoms with Gasteiger partial charge in [0.15, 0.2) is 5.03 Å². The molecule has 1 aliphatic rings. The number of hydrogen-bond acceptors (Lipinski definition) is 7. The Morgan fingerprint density at radius 3 is 2.75 bits per heavy atom. The topological polar surface area (TPSA) is 151 Å². The minimum absolute atomic E-state index is 0.0760. The number of nitrogens with zero attached hydrogens (tertiary/aromatic N) is 5. The first-order valence-corrected chi connectivity index (χ1v) is 10.4. The molecule has 28 heavy (non-hydrogen) atoms. The predicted octanol–water partition coefficient (Wildman–Crippen LogP) is 2.58. The molecular formula is C12H12Cl4N6O5P+. The minimum Gasteiger partial charge on any atom is -0.364 e. The molecule has 1 aromatic heterocycles. The van der Waals surface area contributed by atoms with Crippen LogP contribution in [-0.4, -0.2) is 48.5 Å². The van der Waals surface area contributed by atoms with E-state index in [9.17, 15) is 25.0 Å². The van der Waals surface area contributed by atoms with Gasteiger partial charge in [0.1, 0.15) is 23.3 Å². The van der Waals surface area contributed by atoms with Crippen molar-refractivity contribution in [2.24, 2.45) is 5.10 Å². The van der Waals surface area contributed by atoms with E-state index in [1.165, 1.54) is 24.1 Å². The summed E-state index contributed by atoms with van der Waals surface area (Å²) in [6.45, 7) is -0.291. The lowest BCUT2D eigenvalue weighted by atomic mass is 10.3. The fraction of sp³-hybridized carbons (Fsp3) is 0.417. The molecular weight excluding hydrogens is 481 g/mol. The Balaban J connectivity index is 2.59. The summed E-state index contributed by atoms with van der Waals surface area (Å²) < 4.78 is 15.1. The van der Waals surface area contributed by atoms with Crippen LogP contribution in [0.25, 0.3) is 0 Å². The summed E-state index contributed by atoms with van der Waals surface area (Å²) in [4.78, 5) is 14.8. The molecule has 1 aliphatic heterocycles. The van der Waals surface area contributed by atoms with Crippen molar-refractivity contribution in [1.29, 1.82) is 5.26 Å². The van der Waals surface area contributed by atoms with E-state index in [4.69, 9.17) is 50.9 Å². The quantitative estimate of drug-likeness (QED) is 0.153. The van der Waals surface area contributed by atoms with Crippen LogP contribution in [0.3, 0.4) is 0 Å². The number of rotatable bonds is 6. The van der Waals surface area contributed by atoms with Crippen LogP contribution in [-0.2, 0) is 15.6 Å². The third kappa shape index (κ3) is 4.84. The summed E-state index contributed by atoms with van der Waals surface area (Å²) in [6, 6.07) is 2.96. The van der Waals surface area contributed by atoms with Gasteiger partial charge in [-0.2, -0.15) is 9.52 Å². The van der Waals surface area contributed by atoms with E-state index in [0.29, 0.717) is 5.56 Å². The summed E-state index contributed by atoms with van der Waals surface area (Å²) >= 11 is 22.4. The average molecular weight is 493 g/mol. The second-order valence-electron chi connectivity index (χ2n) is 5.50. The number of hydrazone groups is 1. The standard InChI is InChI=1S/C12H12Cl4N6O5P/c13-9-2-1-8(5-19-9)6-22(4-3-18-11(22)20-21(24)25)28(26,7-17)27-10(23)12(14,15)16/h1-2,5,10,23H,3-4,6H2,(H,18,20)/q+1. The van der Waals surface area contributed by atoms with Gasteiger partial charge in [-0.15, -0.1) is 0 Å². The molecule has 1 saturated heterocycles. The Morgan fingerprint density at radius 1 is 1.57 bits per heavy atom. The lowest BCUT2D eigenvalue weighted by Gasteiger charge is -2.34.